The third-order valence-electron chi connectivity index (χ3n) is 3.68. The van der Waals surface area contributed by atoms with E-state index in [4.69, 9.17) is 37.8 Å². The van der Waals surface area contributed by atoms with Gasteiger partial charge in [0.15, 0.2) is 11.5 Å². The average Bonchev–Trinajstić information content (AvgIpc) is 2.68. The number of benzene rings is 2. The van der Waals surface area contributed by atoms with Crippen LogP contribution in [0.25, 0.3) is 0 Å². The lowest BCUT2D eigenvalue weighted by atomic mass is 10.2. The van der Waals surface area contributed by atoms with E-state index in [2.05, 4.69) is 5.32 Å². The van der Waals surface area contributed by atoms with Crippen molar-refractivity contribution in [3.05, 3.63) is 57.6 Å². The molecule has 0 fully saturated rings. The molecule has 0 radical (unpaired) electrons. The molecule has 3 N–H and O–H groups in total. The number of carboxylic acids is 1. The Hall–Kier alpha value is -2.64. The highest BCUT2D eigenvalue weighted by Crippen LogP contribution is 2.41. The largest absolute Gasteiger partial charge is 0.505 e. The molecule has 0 heterocycles. The van der Waals surface area contributed by atoms with Crippen molar-refractivity contribution in [2.45, 2.75) is 19.4 Å². The van der Waals surface area contributed by atoms with Crippen LogP contribution in [0.4, 0.5) is 4.79 Å². The van der Waals surface area contributed by atoms with Gasteiger partial charge in [-0.1, -0.05) is 53.5 Å². The van der Waals surface area contributed by atoms with Gasteiger partial charge in [-0.2, -0.15) is 0 Å². The predicted octanol–water partition coefficient (Wildman–Crippen LogP) is 4.48. The molecule has 0 aromatic heterocycles. The van der Waals surface area contributed by atoms with Crippen molar-refractivity contribution in [3.63, 3.8) is 0 Å². The van der Waals surface area contributed by atoms with E-state index < -0.39 is 23.4 Å². The van der Waals surface area contributed by atoms with Gasteiger partial charge in [-0.25, -0.2) is 9.59 Å². The number of unbranched alkanes of at least 4 members (excludes halogenated alkanes) is 1. The van der Waals surface area contributed by atoms with Gasteiger partial charge in [-0.3, -0.25) is 0 Å². The van der Waals surface area contributed by atoms with Gasteiger partial charge in [-0.15, -0.1) is 0 Å². The van der Waals surface area contributed by atoms with Crippen molar-refractivity contribution in [2.24, 2.45) is 0 Å². The van der Waals surface area contributed by atoms with Crippen molar-refractivity contribution in [1.29, 1.82) is 0 Å². The second kappa shape index (κ2) is 10.6. The number of phenols is 1. The van der Waals surface area contributed by atoms with Crippen LogP contribution in [0.2, 0.25) is 10.0 Å². The van der Waals surface area contributed by atoms with Gasteiger partial charge in [0.25, 0.3) is 0 Å². The van der Waals surface area contributed by atoms with Crippen molar-refractivity contribution < 1.29 is 29.3 Å². The molecule has 150 valence electrons. The summed E-state index contributed by atoms with van der Waals surface area (Å²) in [5.74, 6) is -1.93. The molecule has 0 saturated heterocycles. The molecule has 0 saturated carbocycles. The summed E-state index contributed by atoms with van der Waals surface area (Å²) < 4.78 is 10.5. The van der Waals surface area contributed by atoms with Crippen LogP contribution >= 0.6 is 23.2 Å². The van der Waals surface area contributed by atoms with E-state index in [0.717, 1.165) is 11.6 Å². The Morgan fingerprint density at radius 1 is 1.11 bits per heavy atom. The van der Waals surface area contributed by atoms with Crippen LogP contribution in [0.5, 0.6) is 11.5 Å². The molecular formula is C19H19Cl2NO6. The number of carbonyl (C=O) groups is 2. The summed E-state index contributed by atoms with van der Waals surface area (Å²) in [6, 6.07) is 10.4. The van der Waals surface area contributed by atoms with Crippen molar-refractivity contribution in [3.8, 4) is 11.5 Å². The van der Waals surface area contributed by atoms with Gasteiger partial charge in [0.05, 0.1) is 11.6 Å². The van der Waals surface area contributed by atoms with E-state index in [1.807, 2.05) is 30.3 Å². The van der Waals surface area contributed by atoms with Crippen LogP contribution in [0, 0.1) is 0 Å². The highest BCUT2D eigenvalue weighted by atomic mass is 35.5. The van der Waals surface area contributed by atoms with E-state index in [9.17, 15) is 14.7 Å². The van der Waals surface area contributed by atoms with Crippen molar-refractivity contribution in [2.75, 3.05) is 13.2 Å². The summed E-state index contributed by atoms with van der Waals surface area (Å²) in [6.07, 6.45) is 0.659. The van der Waals surface area contributed by atoms with Gasteiger partial charge in [0, 0.05) is 6.54 Å². The zero-order valence-corrected chi connectivity index (χ0v) is 16.3. The van der Waals surface area contributed by atoms with Gasteiger partial charge >= 0.3 is 12.1 Å². The number of alkyl carbamates (subject to hydrolysis) is 1. The second-order valence-electron chi connectivity index (χ2n) is 5.75. The fourth-order valence-electron chi connectivity index (χ4n) is 2.25. The number of carboxylic acid groups (broad SMARTS) is 1. The fraction of sp³-hybridized carbons (Fsp3) is 0.263. The third-order valence-corrected chi connectivity index (χ3v) is 4.31. The van der Waals surface area contributed by atoms with Crippen LogP contribution in [0.1, 0.15) is 28.8 Å². The molecule has 0 aliphatic rings. The van der Waals surface area contributed by atoms with E-state index >= 15 is 0 Å². The number of hydrogen-bond acceptors (Lipinski definition) is 5. The number of amides is 1. The summed E-state index contributed by atoms with van der Waals surface area (Å²) in [5, 5.41) is 21.1. The molecule has 7 nitrogen and oxygen atoms in total. The summed E-state index contributed by atoms with van der Waals surface area (Å²) in [6.45, 7) is 0.802. The number of ether oxygens (including phenoxy) is 2. The molecule has 0 atom stereocenters. The van der Waals surface area contributed by atoms with Crippen molar-refractivity contribution in [1.82, 2.24) is 5.32 Å². The van der Waals surface area contributed by atoms with Crippen LogP contribution < -0.4 is 10.1 Å². The predicted molar refractivity (Wildman–Crippen MR) is 104 cm³/mol. The molecule has 0 aliphatic heterocycles. The SMILES string of the molecule is O=C(NCCCCOc1c(Cl)cc(C(=O)O)c(O)c1Cl)OCc1ccccc1. The maximum absolute atomic E-state index is 11.6. The van der Waals surface area contributed by atoms with Gasteiger partial charge in [-0.05, 0) is 24.5 Å². The van der Waals surface area contributed by atoms with Crippen LogP contribution in [-0.4, -0.2) is 35.4 Å². The zero-order valence-electron chi connectivity index (χ0n) is 14.8. The van der Waals surface area contributed by atoms with Crippen LogP contribution in [-0.2, 0) is 11.3 Å². The molecule has 2 rings (SSSR count). The fourth-order valence-corrected chi connectivity index (χ4v) is 2.82. The number of carbonyl (C=O) groups excluding carboxylic acids is 1. The first-order chi connectivity index (χ1) is 13.4. The summed E-state index contributed by atoms with van der Waals surface area (Å²) in [7, 11) is 0. The maximum atomic E-state index is 11.6. The number of rotatable bonds is 9. The summed E-state index contributed by atoms with van der Waals surface area (Å²) in [4.78, 5) is 22.6. The lowest BCUT2D eigenvalue weighted by Gasteiger charge is -2.12. The number of aromatic hydroxyl groups is 1. The number of hydrogen-bond donors (Lipinski definition) is 3. The standard InChI is InChI=1S/C19H19Cl2NO6/c20-14-10-13(18(24)25)16(23)15(21)17(14)27-9-5-4-8-22-19(26)28-11-12-6-2-1-3-7-12/h1-3,6-7,10,23H,4-5,8-9,11H2,(H,22,26)(H,24,25). The summed E-state index contributed by atoms with van der Waals surface area (Å²) in [5.41, 5.74) is 0.498. The number of halogens is 2. The normalized spacial score (nSPS) is 10.4. The van der Waals surface area contributed by atoms with Crippen LogP contribution in [0.15, 0.2) is 36.4 Å². The lowest BCUT2D eigenvalue weighted by molar-refractivity contribution is 0.0693. The Bertz CT molecular complexity index is 829. The molecular weight excluding hydrogens is 409 g/mol. The van der Waals surface area contributed by atoms with E-state index in [-0.39, 0.29) is 29.0 Å². The van der Waals surface area contributed by atoms with Gasteiger partial charge in [0.2, 0.25) is 0 Å². The molecule has 28 heavy (non-hydrogen) atoms. The topological polar surface area (TPSA) is 105 Å². The monoisotopic (exact) mass is 427 g/mol. The van der Waals surface area contributed by atoms with Gasteiger partial charge < -0.3 is 25.0 Å². The van der Waals surface area contributed by atoms with Crippen LogP contribution in [0.3, 0.4) is 0 Å². The quantitative estimate of drug-likeness (QED) is 0.509. The Balaban J connectivity index is 1.68. The molecule has 1 amide bonds. The maximum Gasteiger partial charge on any atom is 0.407 e. The molecule has 2 aromatic rings. The molecule has 0 bridgehead atoms. The van der Waals surface area contributed by atoms with E-state index in [1.54, 1.807) is 0 Å². The lowest BCUT2D eigenvalue weighted by Crippen LogP contribution is -2.25. The zero-order chi connectivity index (χ0) is 20.5. The Kier molecular flexibility index (Phi) is 8.22. The van der Waals surface area contributed by atoms with E-state index in [0.29, 0.717) is 19.4 Å². The molecule has 0 unspecified atom stereocenters. The van der Waals surface area contributed by atoms with E-state index in [1.165, 1.54) is 0 Å². The Labute approximate surface area is 171 Å². The highest BCUT2D eigenvalue weighted by molar-refractivity contribution is 6.38. The minimum absolute atomic E-state index is 0.0113. The molecule has 2 aromatic carbocycles. The second-order valence-corrected chi connectivity index (χ2v) is 6.53. The molecule has 0 aliphatic carbocycles. The van der Waals surface area contributed by atoms with Gasteiger partial charge in [0.1, 0.15) is 17.2 Å². The first kappa shape index (κ1) is 21.7. The Morgan fingerprint density at radius 3 is 2.50 bits per heavy atom. The third kappa shape index (κ3) is 6.21. The first-order valence-electron chi connectivity index (χ1n) is 8.41. The minimum atomic E-state index is -1.35. The minimum Gasteiger partial charge on any atom is -0.505 e. The average molecular weight is 428 g/mol. The number of aromatic carboxylic acids is 1. The molecule has 9 heteroatoms. The first-order valence-corrected chi connectivity index (χ1v) is 9.17. The summed E-state index contributed by atoms with van der Waals surface area (Å²) >= 11 is 11.9. The smallest absolute Gasteiger partial charge is 0.407 e. The Morgan fingerprint density at radius 2 is 1.82 bits per heavy atom. The number of nitrogens with one attached hydrogen (secondary N) is 1. The highest BCUT2D eigenvalue weighted by Gasteiger charge is 2.20. The molecule has 0 spiro atoms. The van der Waals surface area contributed by atoms with Crippen molar-refractivity contribution >= 4 is 35.3 Å².